The fourth-order valence-corrected chi connectivity index (χ4v) is 4.01. The van der Waals surface area contributed by atoms with Gasteiger partial charge in [-0.15, -0.1) is 0 Å². The molecule has 2 atom stereocenters. The summed E-state index contributed by atoms with van der Waals surface area (Å²) >= 11 is 0.819. The molecule has 1 fully saturated rings. The third-order valence-electron chi connectivity index (χ3n) is 4.00. The van der Waals surface area contributed by atoms with Crippen molar-refractivity contribution in [1.29, 1.82) is 0 Å². The highest BCUT2D eigenvalue weighted by atomic mass is 32.2. The largest absolute Gasteiger partial charge is 0.465 e. The molecule has 0 spiro atoms. The SMILES string of the molecule is CCOC(=O)[C@H]1CC[C@@H](C(=O)OCC)N1Sc1ccc([N+](=O)[O-])cc1[N+](=O)[O-]. The van der Waals surface area contributed by atoms with Gasteiger partial charge in [0.1, 0.15) is 17.0 Å². The van der Waals surface area contributed by atoms with Gasteiger partial charge in [-0.1, -0.05) is 0 Å². The molecule has 11 nitrogen and oxygen atoms in total. The highest BCUT2D eigenvalue weighted by Gasteiger charge is 2.44. The predicted octanol–water partition coefficient (Wildman–Crippen LogP) is 2.47. The summed E-state index contributed by atoms with van der Waals surface area (Å²) in [5.74, 6) is -1.10. The van der Waals surface area contributed by atoms with Gasteiger partial charge in [0, 0.05) is 6.07 Å². The van der Waals surface area contributed by atoms with Crippen LogP contribution in [0.15, 0.2) is 23.1 Å². The van der Waals surface area contributed by atoms with Crippen LogP contribution >= 0.6 is 11.9 Å². The zero-order chi connectivity index (χ0) is 20.8. The number of ether oxygens (including phenoxy) is 2. The van der Waals surface area contributed by atoms with E-state index in [2.05, 4.69) is 0 Å². The monoisotopic (exact) mass is 413 g/mol. The number of benzene rings is 1. The smallest absolute Gasteiger partial charge is 0.324 e. The second kappa shape index (κ2) is 9.46. The molecule has 0 aromatic heterocycles. The Kier molecular flexibility index (Phi) is 7.29. The Morgan fingerprint density at radius 2 is 1.61 bits per heavy atom. The van der Waals surface area contributed by atoms with Gasteiger partial charge >= 0.3 is 11.9 Å². The number of nitrogens with zero attached hydrogens (tertiary/aromatic N) is 3. The lowest BCUT2D eigenvalue weighted by Gasteiger charge is -2.26. The van der Waals surface area contributed by atoms with E-state index in [-0.39, 0.29) is 18.1 Å². The molecule has 152 valence electrons. The lowest BCUT2D eigenvalue weighted by Crippen LogP contribution is -2.41. The second-order valence-electron chi connectivity index (χ2n) is 5.73. The Bertz CT molecular complexity index is 761. The van der Waals surface area contributed by atoms with Gasteiger partial charge in [-0.05, 0) is 44.7 Å². The Morgan fingerprint density at radius 3 is 2.04 bits per heavy atom. The van der Waals surface area contributed by atoms with Crippen LogP contribution in [0, 0.1) is 20.2 Å². The average Bonchev–Trinajstić information content (AvgIpc) is 3.05. The van der Waals surface area contributed by atoms with Gasteiger partial charge in [0.05, 0.1) is 29.1 Å². The summed E-state index contributed by atoms with van der Waals surface area (Å²) in [5.41, 5.74) is -0.919. The van der Waals surface area contributed by atoms with Crippen molar-refractivity contribution in [2.45, 2.75) is 43.7 Å². The number of hydrogen-bond acceptors (Lipinski definition) is 10. The summed E-state index contributed by atoms with van der Waals surface area (Å²) in [7, 11) is 0. The summed E-state index contributed by atoms with van der Waals surface area (Å²) in [6.07, 6.45) is 0.631. The fourth-order valence-electron chi connectivity index (χ4n) is 2.79. The maximum Gasteiger partial charge on any atom is 0.324 e. The van der Waals surface area contributed by atoms with Gasteiger partial charge in [0.15, 0.2) is 0 Å². The van der Waals surface area contributed by atoms with Crippen molar-refractivity contribution < 1.29 is 28.9 Å². The van der Waals surface area contributed by atoms with E-state index < -0.39 is 45.2 Å². The van der Waals surface area contributed by atoms with Crippen LogP contribution in [0.1, 0.15) is 26.7 Å². The van der Waals surface area contributed by atoms with Crippen LogP contribution in [0.5, 0.6) is 0 Å². The first-order valence-corrected chi connectivity index (χ1v) is 9.29. The van der Waals surface area contributed by atoms with E-state index in [4.69, 9.17) is 9.47 Å². The van der Waals surface area contributed by atoms with E-state index in [0.29, 0.717) is 12.8 Å². The number of hydrogen-bond donors (Lipinski definition) is 0. The highest BCUT2D eigenvalue weighted by molar-refractivity contribution is 7.97. The molecule has 1 aliphatic heterocycles. The molecular formula is C16H19N3O8S. The van der Waals surface area contributed by atoms with Crippen LogP contribution in [0.2, 0.25) is 0 Å². The van der Waals surface area contributed by atoms with E-state index in [9.17, 15) is 29.8 Å². The minimum absolute atomic E-state index is 0.0705. The summed E-state index contributed by atoms with van der Waals surface area (Å²) in [6, 6.07) is 1.61. The molecule has 1 aromatic carbocycles. The molecule has 0 bridgehead atoms. The molecule has 12 heteroatoms. The third-order valence-corrected chi connectivity index (χ3v) is 5.26. The number of rotatable bonds is 8. The van der Waals surface area contributed by atoms with Crippen LogP contribution < -0.4 is 0 Å². The Balaban J connectivity index is 2.39. The van der Waals surface area contributed by atoms with E-state index in [0.717, 1.165) is 24.1 Å². The minimum atomic E-state index is -0.797. The van der Waals surface area contributed by atoms with Crippen molar-refractivity contribution in [2.75, 3.05) is 13.2 Å². The molecule has 1 heterocycles. The van der Waals surface area contributed by atoms with Gasteiger partial charge in [-0.25, -0.2) is 4.31 Å². The van der Waals surface area contributed by atoms with Gasteiger partial charge in [-0.2, -0.15) is 0 Å². The first kappa shape index (κ1) is 21.6. The van der Waals surface area contributed by atoms with E-state index in [1.165, 1.54) is 10.4 Å². The first-order chi connectivity index (χ1) is 13.3. The normalized spacial score (nSPS) is 19.2. The van der Waals surface area contributed by atoms with Crippen molar-refractivity contribution in [1.82, 2.24) is 4.31 Å². The Labute approximate surface area is 164 Å². The number of nitro groups is 2. The fraction of sp³-hybridized carbons (Fsp3) is 0.500. The molecule has 1 saturated heterocycles. The number of carbonyl (C=O) groups is 2. The van der Waals surface area contributed by atoms with Crippen molar-refractivity contribution in [3.8, 4) is 0 Å². The van der Waals surface area contributed by atoms with Gasteiger partial charge in [0.25, 0.3) is 11.4 Å². The third kappa shape index (κ3) is 4.75. The zero-order valence-corrected chi connectivity index (χ0v) is 16.0. The quantitative estimate of drug-likeness (QED) is 0.270. The van der Waals surface area contributed by atoms with E-state index in [1.807, 2.05) is 0 Å². The minimum Gasteiger partial charge on any atom is -0.465 e. The maximum absolute atomic E-state index is 12.3. The first-order valence-electron chi connectivity index (χ1n) is 8.52. The molecule has 1 aliphatic rings. The lowest BCUT2D eigenvalue weighted by atomic mass is 10.2. The molecular weight excluding hydrogens is 394 g/mol. The highest BCUT2D eigenvalue weighted by Crippen LogP contribution is 2.41. The molecule has 0 unspecified atom stereocenters. The molecule has 28 heavy (non-hydrogen) atoms. The lowest BCUT2D eigenvalue weighted by molar-refractivity contribution is -0.396. The van der Waals surface area contributed by atoms with E-state index in [1.54, 1.807) is 13.8 Å². The number of nitro benzene ring substituents is 2. The van der Waals surface area contributed by atoms with Crippen molar-refractivity contribution in [2.24, 2.45) is 0 Å². The molecule has 0 saturated carbocycles. The maximum atomic E-state index is 12.3. The van der Waals surface area contributed by atoms with Crippen molar-refractivity contribution in [3.05, 3.63) is 38.4 Å². The Hall–Kier alpha value is -2.73. The summed E-state index contributed by atoms with van der Waals surface area (Å²) < 4.78 is 11.5. The van der Waals surface area contributed by atoms with Gasteiger partial charge < -0.3 is 9.47 Å². The summed E-state index contributed by atoms with van der Waals surface area (Å²) in [6.45, 7) is 3.59. The summed E-state index contributed by atoms with van der Waals surface area (Å²) in [5, 5.41) is 22.3. The zero-order valence-electron chi connectivity index (χ0n) is 15.2. The predicted molar refractivity (Wildman–Crippen MR) is 97.5 cm³/mol. The standard InChI is InChI=1S/C16H19N3O8S/c1-3-26-15(20)11-6-7-12(16(21)27-4-2)17(11)28-14-8-5-10(18(22)23)9-13(14)19(24)25/h5,8-9,11-12H,3-4,6-7H2,1-2H3/t11-,12+. The summed E-state index contributed by atoms with van der Waals surface area (Å²) in [4.78, 5) is 45.4. The van der Waals surface area contributed by atoms with Gasteiger partial charge in [-0.3, -0.25) is 29.8 Å². The molecule has 0 N–H and O–H groups in total. The molecule has 1 aromatic rings. The number of non-ortho nitro benzene ring substituents is 1. The molecule has 2 rings (SSSR count). The van der Waals surface area contributed by atoms with Crippen LogP contribution in [0.25, 0.3) is 0 Å². The topological polar surface area (TPSA) is 142 Å². The van der Waals surface area contributed by atoms with Crippen molar-refractivity contribution >= 4 is 35.3 Å². The average molecular weight is 413 g/mol. The molecule has 0 amide bonds. The molecule has 0 radical (unpaired) electrons. The number of esters is 2. The van der Waals surface area contributed by atoms with Crippen LogP contribution in [0.3, 0.4) is 0 Å². The van der Waals surface area contributed by atoms with Crippen LogP contribution in [-0.4, -0.2) is 51.4 Å². The van der Waals surface area contributed by atoms with Crippen LogP contribution in [-0.2, 0) is 19.1 Å². The van der Waals surface area contributed by atoms with Crippen molar-refractivity contribution in [3.63, 3.8) is 0 Å². The molecule has 0 aliphatic carbocycles. The Morgan fingerprint density at radius 1 is 1.07 bits per heavy atom. The second-order valence-corrected chi connectivity index (χ2v) is 6.77. The van der Waals surface area contributed by atoms with E-state index >= 15 is 0 Å². The van der Waals surface area contributed by atoms with Crippen LogP contribution in [0.4, 0.5) is 11.4 Å². The number of carbonyl (C=O) groups excluding carboxylic acids is 2. The van der Waals surface area contributed by atoms with Gasteiger partial charge in [0.2, 0.25) is 0 Å².